The highest BCUT2D eigenvalue weighted by Gasteiger charge is 2.38. The molecular weight excluding hydrogens is 383 g/mol. The second-order valence-electron chi connectivity index (χ2n) is 5.49. The molecular formula is C16H12F3N5O4. The first-order valence-electron chi connectivity index (χ1n) is 7.66. The highest BCUT2D eigenvalue weighted by atomic mass is 19.4. The van der Waals surface area contributed by atoms with Crippen molar-refractivity contribution in [1.82, 2.24) is 4.57 Å². The number of pyridine rings is 1. The molecule has 1 aromatic carbocycles. The van der Waals surface area contributed by atoms with E-state index in [0.29, 0.717) is 12.1 Å². The molecule has 0 unspecified atom stereocenters. The molecule has 0 spiro atoms. The zero-order valence-corrected chi connectivity index (χ0v) is 14.5. The monoisotopic (exact) mass is 395 g/mol. The van der Waals surface area contributed by atoms with Crippen molar-refractivity contribution >= 4 is 17.1 Å². The maximum absolute atomic E-state index is 13.0. The van der Waals surface area contributed by atoms with Gasteiger partial charge in [0.05, 0.1) is 10.6 Å². The van der Waals surface area contributed by atoms with Crippen molar-refractivity contribution in [2.24, 2.45) is 10.2 Å². The highest BCUT2D eigenvalue weighted by Crippen LogP contribution is 2.38. The van der Waals surface area contributed by atoms with Gasteiger partial charge in [0.1, 0.15) is 17.2 Å². The molecule has 0 radical (unpaired) electrons. The number of nitriles is 1. The van der Waals surface area contributed by atoms with Crippen molar-refractivity contribution in [2.45, 2.75) is 26.6 Å². The van der Waals surface area contributed by atoms with Crippen LogP contribution >= 0.6 is 0 Å². The van der Waals surface area contributed by atoms with E-state index >= 15 is 0 Å². The molecule has 9 nitrogen and oxygen atoms in total. The third-order valence-corrected chi connectivity index (χ3v) is 3.83. The minimum absolute atomic E-state index is 0.00333. The average Bonchev–Trinajstić information content (AvgIpc) is 2.61. The fourth-order valence-electron chi connectivity index (χ4n) is 2.43. The number of hydrogen-bond donors (Lipinski definition) is 1. The Labute approximate surface area is 155 Å². The topological polar surface area (TPSA) is 134 Å². The molecule has 0 saturated carbocycles. The molecule has 0 amide bonds. The van der Waals surface area contributed by atoms with Crippen molar-refractivity contribution in [3.63, 3.8) is 0 Å². The van der Waals surface area contributed by atoms with Crippen LogP contribution in [0.5, 0.6) is 5.88 Å². The van der Waals surface area contributed by atoms with Crippen LogP contribution in [0.4, 0.5) is 30.2 Å². The summed E-state index contributed by atoms with van der Waals surface area (Å²) in [5.74, 6) is -0.554. The van der Waals surface area contributed by atoms with Crippen LogP contribution in [0.15, 0.2) is 33.2 Å². The number of alkyl halides is 3. The van der Waals surface area contributed by atoms with Crippen LogP contribution in [0.3, 0.4) is 0 Å². The molecule has 2 aromatic rings. The minimum atomic E-state index is -4.99. The summed E-state index contributed by atoms with van der Waals surface area (Å²) in [6.07, 6.45) is -4.99. The first-order valence-corrected chi connectivity index (χ1v) is 7.66. The van der Waals surface area contributed by atoms with E-state index in [1.54, 1.807) is 6.07 Å². The van der Waals surface area contributed by atoms with Crippen LogP contribution in [0.25, 0.3) is 0 Å². The molecule has 0 fully saturated rings. The molecule has 12 heteroatoms. The van der Waals surface area contributed by atoms with Gasteiger partial charge in [-0.05, 0) is 26.0 Å². The van der Waals surface area contributed by atoms with Gasteiger partial charge in [-0.15, -0.1) is 5.11 Å². The number of aromatic nitrogens is 1. The SMILES string of the molecule is CCn1c(O)c(C#N)c(C)c(N=Nc2ccc([N+](=O)[O-])c(C(F)(F)F)c2)c1=O. The summed E-state index contributed by atoms with van der Waals surface area (Å²) in [4.78, 5) is 22.0. The van der Waals surface area contributed by atoms with E-state index in [4.69, 9.17) is 5.26 Å². The van der Waals surface area contributed by atoms with E-state index in [0.717, 1.165) is 10.6 Å². The van der Waals surface area contributed by atoms with Crippen LogP contribution in [-0.4, -0.2) is 14.6 Å². The van der Waals surface area contributed by atoms with Crippen molar-refractivity contribution < 1.29 is 23.2 Å². The summed E-state index contributed by atoms with van der Waals surface area (Å²) in [6.45, 7) is 2.87. The average molecular weight is 395 g/mol. The molecule has 28 heavy (non-hydrogen) atoms. The van der Waals surface area contributed by atoms with Gasteiger partial charge in [-0.3, -0.25) is 19.5 Å². The van der Waals surface area contributed by atoms with Crippen LogP contribution in [0, 0.1) is 28.4 Å². The quantitative estimate of drug-likeness (QED) is 0.473. The van der Waals surface area contributed by atoms with Gasteiger partial charge in [0.2, 0.25) is 5.88 Å². The molecule has 146 valence electrons. The first kappa shape index (κ1) is 20.6. The lowest BCUT2D eigenvalue weighted by Gasteiger charge is -2.11. The Morgan fingerprint density at radius 3 is 2.50 bits per heavy atom. The van der Waals surface area contributed by atoms with E-state index in [1.807, 2.05) is 0 Å². The Hall–Kier alpha value is -3.75. The Morgan fingerprint density at radius 2 is 2.00 bits per heavy atom. The van der Waals surface area contributed by atoms with Gasteiger partial charge in [0, 0.05) is 18.2 Å². The summed E-state index contributed by atoms with van der Waals surface area (Å²) in [7, 11) is 0. The number of benzene rings is 1. The molecule has 0 aliphatic rings. The Kier molecular flexibility index (Phi) is 5.49. The van der Waals surface area contributed by atoms with Gasteiger partial charge in [0.25, 0.3) is 11.2 Å². The van der Waals surface area contributed by atoms with Crippen molar-refractivity contribution in [3.8, 4) is 11.9 Å². The molecule has 2 rings (SSSR count). The molecule has 0 aliphatic heterocycles. The predicted molar refractivity (Wildman–Crippen MR) is 89.8 cm³/mol. The van der Waals surface area contributed by atoms with E-state index in [2.05, 4.69) is 10.2 Å². The summed E-state index contributed by atoms with van der Waals surface area (Å²) in [5.41, 5.74) is -4.41. The Morgan fingerprint density at radius 1 is 1.36 bits per heavy atom. The van der Waals surface area contributed by atoms with Crippen LogP contribution in [-0.2, 0) is 12.7 Å². The number of halogens is 3. The second-order valence-corrected chi connectivity index (χ2v) is 5.49. The van der Waals surface area contributed by atoms with E-state index < -0.39 is 33.8 Å². The molecule has 0 bridgehead atoms. The largest absolute Gasteiger partial charge is 0.493 e. The number of nitro groups is 1. The fourth-order valence-corrected chi connectivity index (χ4v) is 2.43. The summed E-state index contributed by atoms with van der Waals surface area (Å²) < 4.78 is 39.9. The normalized spacial score (nSPS) is 11.6. The number of rotatable bonds is 4. The van der Waals surface area contributed by atoms with Gasteiger partial charge >= 0.3 is 6.18 Å². The van der Waals surface area contributed by atoms with Gasteiger partial charge < -0.3 is 5.11 Å². The number of nitro benzene ring substituents is 1. The van der Waals surface area contributed by atoms with Crippen molar-refractivity contribution in [3.05, 3.63) is 55.4 Å². The Bertz CT molecular complexity index is 1080. The highest BCUT2D eigenvalue weighted by molar-refractivity contribution is 5.57. The van der Waals surface area contributed by atoms with E-state index in [9.17, 15) is 33.2 Å². The standard InChI is InChI=1S/C16H12F3N5O4/c1-3-23-14(25)10(7-20)8(2)13(15(23)26)22-21-9-4-5-12(24(27)28)11(6-9)16(17,18)19/h4-6,25H,3H2,1-2H3. The number of hydrogen-bond acceptors (Lipinski definition) is 7. The lowest BCUT2D eigenvalue weighted by atomic mass is 10.1. The van der Waals surface area contributed by atoms with Gasteiger partial charge in [-0.2, -0.15) is 23.5 Å². The van der Waals surface area contributed by atoms with Gasteiger partial charge in [-0.25, -0.2) is 0 Å². The van der Waals surface area contributed by atoms with Crippen LogP contribution < -0.4 is 5.56 Å². The van der Waals surface area contributed by atoms with Crippen LogP contribution in [0.1, 0.15) is 23.6 Å². The maximum atomic E-state index is 13.0. The van der Waals surface area contributed by atoms with E-state index in [1.165, 1.54) is 13.8 Å². The van der Waals surface area contributed by atoms with Crippen molar-refractivity contribution in [2.75, 3.05) is 0 Å². The van der Waals surface area contributed by atoms with Gasteiger partial charge in [0.15, 0.2) is 5.69 Å². The first-order chi connectivity index (χ1) is 13.0. The third kappa shape index (κ3) is 3.68. The third-order valence-electron chi connectivity index (χ3n) is 3.83. The summed E-state index contributed by atoms with van der Waals surface area (Å²) in [5, 5.41) is 37.0. The molecule has 1 aromatic heterocycles. The maximum Gasteiger partial charge on any atom is 0.423 e. The predicted octanol–water partition coefficient (Wildman–Crippen LogP) is 4.10. The lowest BCUT2D eigenvalue weighted by molar-refractivity contribution is -0.388. The van der Waals surface area contributed by atoms with Crippen LogP contribution in [0.2, 0.25) is 0 Å². The fraction of sp³-hybridized carbons (Fsp3) is 0.250. The van der Waals surface area contributed by atoms with E-state index in [-0.39, 0.29) is 29.0 Å². The minimum Gasteiger partial charge on any atom is -0.493 e. The second kappa shape index (κ2) is 7.47. The molecule has 0 saturated heterocycles. The lowest BCUT2D eigenvalue weighted by Crippen LogP contribution is -2.20. The molecule has 1 heterocycles. The zero-order chi connectivity index (χ0) is 21.2. The smallest absolute Gasteiger partial charge is 0.423 e. The number of aromatic hydroxyl groups is 1. The summed E-state index contributed by atoms with van der Waals surface area (Å²) >= 11 is 0. The molecule has 0 aliphatic carbocycles. The van der Waals surface area contributed by atoms with Gasteiger partial charge in [-0.1, -0.05) is 0 Å². The summed E-state index contributed by atoms with van der Waals surface area (Å²) in [6, 6.07) is 3.72. The molecule has 0 atom stereocenters. The molecule has 1 N–H and O–H groups in total. The number of azo groups is 1. The Balaban J connectivity index is 2.63. The number of nitrogens with zero attached hydrogens (tertiary/aromatic N) is 5. The van der Waals surface area contributed by atoms with Crippen molar-refractivity contribution in [1.29, 1.82) is 5.26 Å². The zero-order valence-electron chi connectivity index (χ0n) is 14.5.